The van der Waals surface area contributed by atoms with Gasteiger partial charge in [-0.15, -0.1) is 23.2 Å². The largest absolute Gasteiger partial charge is 0.352 e. The Labute approximate surface area is 117 Å². The zero-order valence-corrected chi connectivity index (χ0v) is 11.7. The minimum atomic E-state index is -0.945. The fourth-order valence-electron chi connectivity index (χ4n) is 1.48. The average Bonchev–Trinajstić information content (AvgIpc) is 2.89. The topological polar surface area (TPSA) is 29.1 Å². The molecular weight excluding hydrogens is 332 g/mol. The third kappa shape index (κ3) is 3.12. The van der Waals surface area contributed by atoms with Gasteiger partial charge in [0.1, 0.15) is 10.2 Å². The third-order valence-electron chi connectivity index (χ3n) is 2.60. The molecule has 1 aliphatic carbocycles. The summed E-state index contributed by atoms with van der Waals surface area (Å²) in [5, 5.41) is 2.62. The number of amides is 1. The first-order chi connectivity index (χ1) is 7.90. The number of carbonyl (C=O) groups is 1. The van der Waals surface area contributed by atoms with Crippen LogP contribution in [0.2, 0.25) is 0 Å². The van der Waals surface area contributed by atoms with Crippen LogP contribution in [0, 0.1) is 11.7 Å². The number of nitrogens with one attached hydrogen (secondary N) is 1. The highest BCUT2D eigenvalue weighted by Crippen LogP contribution is 2.53. The van der Waals surface area contributed by atoms with E-state index in [-0.39, 0.29) is 24.2 Å². The highest BCUT2D eigenvalue weighted by Gasteiger charge is 2.56. The maximum Gasteiger partial charge on any atom is 0.226 e. The Morgan fingerprint density at radius 1 is 1.59 bits per heavy atom. The van der Waals surface area contributed by atoms with E-state index in [1.807, 2.05) is 0 Å². The molecule has 17 heavy (non-hydrogen) atoms. The fraction of sp³-hybridized carbons (Fsp3) is 0.364. The molecular formula is C11H9BrCl2FNO. The number of hydrogen-bond donors (Lipinski definition) is 1. The van der Waals surface area contributed by atoms with Crippen LogP contribution in [0.3, 0.4) is 0 Å². The first-order valence-electron chi connectivity index (χ1n) is 4.99. The highest BCUT2D eigenvalue weighted by atomic mass is 79.9. The number of carbonyl (C=O) groups excluding carboxylic acids is 1. The van der Waals surface area contributed by atoms with E-state index in [4.69, 9.17) is 23.2 Å². The zero-order chi connectivity index (χ0) is 12.6. The van der Waals surface area contributed by atoms with Crippen molar-refractivity contribution >= 4 is 45.0 Å². The zero-order valence-electron chi connectivity index (χ0n) is 8.64. The summed E-state index contributed by atoms with van der Waals surface area (Å²) in [7, 11) is 0. The number of halogens is 4. The summed E-state index contributed by atoms with van der Waals surface area (Å²) in [6.45, 7) is 0.129. The first kappa shape index (κ1) is 13.1. The molecule has 2 rings (SSSR count). The van der Waals surface area contributed by atoms with E-state index in [2.05, 4.69) is 21.2 Å². The minimum absolute atomic E-state index is 0.129. The van der Waals surface area contributed by atoms with E-state index in [1.165, 1.54) is 6.07 Å². The molecule has 1 amide bonds. The van der Waals surface area contributed by atoms with Gasteiger partial charge in [0.05, 0.1) is 5.92 Å². The van der Waals surface area contributed by atoms with Crippen LogP contribution >= 0.6 is 39.1 Å². The molecule has 92 valence electrons. The molecule has 2 nitrogen and oxygen atoms in total. The molecule has 0 heterocycles. The molecule has 0 saturated heterocycles. The second kappa shape index (κ2) is 4.75. The van der Waals surface area contributed by atoms with E-state index in [9.17, 15) is 9.18 Å². The number of benzene rings is 1. The quantitative estimate of drug-likeness (QED) is 0.839. The fourth-order valence-corrected chi connectivity index (χ4v) is 2.40. The smallest absolute Gasteiger partial charge is 0.226 e. The van der Waals surface area contributed by atoms with Crippen molar-refractivity contribution in [1.29, 1.82) is 0 Å². The van der Waals surface area contributed by atoms with Crippen LogP contribution < -0.4 is 5.32 Å². The highest BCUT2D eigenvalue weighted by molar-refractivity contribution is 9.10. The Balaban J connectivity index is 1.94. The molecule has 1 aromatic carbocycles. The standard InChI is InChI=1S/C11H9BrCl2FNO/c12-7-1-2-9(15)6(3-7)5-16-10(17)8-4-11(8,13)14/h1-3,8H,4-5H2,(H,16,17). The Kier molecular flexibility index (Phi) is 3.66. The lowest BCUT2D eigenvalue weighted by molar-refractivity contribution is -0.122. The molecule has 1 atom stereocenters. The Bertz CT molecular complexity index is 467. The van der Waals surface area contributed by atoms with Crippen LogP contribution in [-0.2, 0) is 11.3 Å². The van der Waals surface area contributed by atoms with Crippen molar-refractivity contribution in [2.75, 3.05) is 0 Å². The lowest BCUT2D eigenvalue weighted by Gasteiger charge is -2.06. The molecule has 0 aromatic heterocycles. The maximum absolute atomic E-state index is 13.4. The van der Waals surface area contributed by atoms with Gasteiger partial charge in [0.15, 0.2) is 0 Å². The molecule has 1 N–H and O–H groups in total. The monoisotopic (exact) mass is 339 g/mol. The summed E-state index contributed by atoms with van der Waals surface area (Å²) in [6, 6.07) is 4.57. The molecule has 0 aliphatic heterocycles. The number of rotatable bonds is 3. The van der Waals surface area contributed by atoms with Crippen molar-refractivity contribution in [2.24, 2.45) is 5.92 Å². The normalized spacial score (nSPS) is 21.1. The molecule has 0 radical (unpaired) electrons. The minimum Gasteiger partial charge on any atom is -0.352 e. The average molecular weight is 341 g/mol. The van der Waals surface area contributed by atoms with Gasteiger partial charge >= 0.3 is 0 Å². The van der Waals surface area contributed by atoms with Crippen LogP contribution in [0.15, 0.2) is 22.7 Å². The molecule has 0 bridgehead atoms. The van der Waals surface area contributed by atoms with Gasteiger partial charge in [-0.2, -0.15) is 0 Å². The van der Waals surface area contributed by atoms with Crippen LogP contribution in [0.1, 0.15) is 12.0 Å². The van der Waals surface area contributed by atoms with Crippen molar-refractivity contribution in [3.8, 4) is 0 Å². The summed E-state index contributed by atoms with van der Waals surface area (Å²) in [5.41, 5.74) is 0.420. The van der Waals surface area contributed by atoms with Gasteiger partial charge in [0.25, 0.3) is 0 Å². The predicted octanol–water partition coefficient (Wildman–Crippen LogP) is 3.40. The lowest BCUT2D eigenvalue weighted by atomic mass is 10.2. The molecule has 1 aromatic rings. The van der Waals surface area contributed by atoms with E-state index in [1.54, 1.807) is 12.1 Å². The summed E-state index contributed by atoms with van der Waals surface area (Å²) in [5.74, 6) is -0.984. The number of alkyl halides is 2. The van der Waals surface area contributed by atoms with Crippen LogP contribution in [-0.4, -0.2) is 10.2 Å². The SMILES string of the molecule is O=C(NCc1cc(Br)ccc1F)C1CC1(Cl)Cl. The van der Waals surface area contributed by atoms with Crippen LogP contribution in [0.25, 0.3) is 0 Å². The molecule has 6 heteroatoms. The maximum atomic E-state index is 13.4. The summed E-state index contributed by atoms with van der Waals surface area (Å²) in [4.78, 5) is 11.6. The first-order valence-corrected chi connectivity index (χ1v) is 6.54. The third-order valence-corrected chi connectivity index (χ3v) is 3.93. The van der Waals surface area contributed by atoms with Crippen molar-refractivity contribution in [1.82, 2.24) is 5.32 Å². The van der Waals surface area contributed by atoms with Crippen LogP contribution in [0.5, 0.6) is 0 Å². The van der Waals surface area contributed by atoms with Gasteiger partial charge in [-0.3, -0.25) is 4.79 Å². The molecule has 1 unspecified atom stereocenters. The van der Waals surface area contributed by atoms with E-state index >= 15 is 0 Å². The number of hydrogen-bond acceptors (Lipinski definition) is 1. The van der Waals surface area contributed by atoms with Crippen molar-refractivity contribution in [2.45, 2.75) is 17.3 Å². The van der Waals surface area contributed by atoms with Gasteiger partial charge in [0.2, 0.25) is 5.91 Å². The molecule has 0 spiro atoms. The van der Waals surface area contributed by atoms with Crippen LogP contribution in [0.4, 0.5) is 4.39 Å². The van der Waals surface area contributed by atoms with Crippen molar-refractivity contribution in [3.63, 3.8) is 0 Å². The van der Waals surface area contributed by atoms with E-state index in [0.717, 1.165) is 4.47 Å². The van der Waals surface area contributed by atoms with E-state index < -0.39 is 4.33 Å². The molecule has 1 saturated carbocycles. The second-order valence-electron chi connectivity index (χ2n) is 3.97. The Morgan fingerprint density at radius 3 is 2.82 bits per heavy atom. The summed E-state index contributed by atoms with van der Waals surface area (Å²) in [6.07, 6.45) is 0.447. The summed E-state index contributed by atoms with van der Waals surface area (Å²) >= 11 is 14.8. The Hall–Kier alpha value is -0.320. The van der Waals surface area contributed by atoms with Gasteiger partial charge in [-0.25, -0.2) is 4.39 Å². The Morgan fingerprint density at radius 2 is 2.24 bits per heavy atom. The van der Waals surface area contributed by atoms with Gasteiger partial charge in [0, 0.05) is 16.6 Å². The summed E-state index contributed by atoms with van der Waals surface area (Å²) < 4.78 is 13.2. The van der Waals surface area contributed by atoms with Crippen molar-refractivity contribution < 1.29 is 9.18 Å². The van der Waals surface area contributed by atoms with Crippen molar-refractivity contribution in [3.05, 3.63) is 34.1 Å². The van der Waals surface area contributed by atoms with Gasteiger partial charge in [-0.05, 0) is 24.6 Å². The predicted molar refractivity (Wildman–Crippen MR) is 68.5 cm³/mol. The lowest BCUT2D eigenvalue weighted by Crippen LogP contribution is -2.26. The van der Waals surface area contributed by atoms with Gasteiger partial charge in [-0.1, -0.05) is 15.9 Å². The second-order valence-corrected chi connectivity index (χ2v) is 6.43. The van der Waals surface area contributed by atoms with Gasteiger partial charge < -0.3 is 5.32 Å². The molecule has 1 fully saturated rings. The van der Waals surface area contributed by atoms with E-state index in [0.29, 0.717) is 12.0 Å². The molecule has 1 aliphatic rings.